The lowest BCUT2D eigenvalue weighted by Gasteiger charge is -2.23. The Labute approximate surface area is 92.9 Å². The molecule has 0 unspecified atom stereocenters. The minimum Gasteiger partial charge on any atom is -0.311 e. The maximum Gasteiger partial charge on any atom is 0.0521 e. The summed E-state index contributed by atoms with van der Waals surface area (Å²) in [5.74, 6) is 0. The van der Waals surface area contributed by atoms with Crippen LogP contribution >= 0.6 is 0 Å². The van der Waals surface area contributed by atoms with Gasteiger partial charge in [-0.15, -0.1) is 0 Å². The Morgan fingerprint density at radius 3 is 2.73 bits per heavy atom. The third kappa shape index (κ3) is 3.67. The van der Waals surface area contributed by atoms with E-state index in [0.717, 1.165) is 19.6 Å². The van der Waals surface area contributed by atoms with Gasteiger partial charge in [-0.1, -0.05) is 20.8 Å². The lowest BCUT2D eigenvalue weighted by molar-refractivity contribution is 0.325. The van der Waals surface area contributed by atoms with Gasteiger partial charge in [0.1, 0.15) is 0 Å². The number of aromatic nitrogens is 2. The molecule has 1 N–H and O–H groups in total. The molecule has 3 nitrogen and oxygen atoms in total. The predicted molar refractivity (Wildman–Crippen MR) is 63.7 cm³/mol. The van der Waals surface area contributed by atoms with Crippen LogP contribution in [0.4, 0.5) is 0 Å². The Hall–Kier alpha value is -0.830. The van der Waals surface area contributed by atoms with Crippen molar-refractivity contribution >= 4 is 0 Å². The van der Waals surface area contributed by atoms with Gasteiger partial charge in [0.15, 0.2) is 0 Å². The molecule has 0 aromatic carbocycles. The van der Waals surface area contributed by atoms with Crippen molar-refractivity contribution in [1.82, 2.24) is 15.1 Å². The highest BCUT2D eigenvalue weighted by Crippen LogP contribution is 2.17. The molecule has 0 saturated carbocycles. The van der Waals surface area contributed by atoms with Gasteiger partial charge in [0.05, 0.1) is 5.69 Å². The number of nitrogens with zero attached hydrogens (tertiary/aromatic N) is 2. The molecular formula is C12H23N3. The Kier molecular flexibility index (Phi) is 4.33. The molecule has 1 aromatic heterocycles. The first-order valence-electron chi connectivity index (χ1n) is 5.80. The van der Waals surface area contributed by atoms with Crippen molar-refractivity contribution in [3.8, 4) is 0 Å². The predicted octanol–water partition coefficient (Wildman–Crippen LogP) is 2.43. The van der Waals surface area contributed by atoms with E-state index in [0.29, 0.717) is 5.41 Å². The third-order valence-corrected chi connectivity index (χ3v) is 2.97. The van der Waals surface area contributed by atoms with E-state index < -0.39 is 0 Å². The quantitative estimate of drug-likeness (QED) is 0.780. The minimum atomic E-state index is 0.386. The van der Waals surface area contributed by atoms with E-state index in [1.807, 2.05) is 10.9 Å². The normalized spacial score (nSPS) is 12.0. The maximum absolute atomic E-state index is 4.25. The van der Waals surface area contributed by atoms with E-state index in [2.05, 4.69) is 44.2 Å². The zero-order valence-corrected chi connectivity index (χ0v) is 10.4. The fourth-order valence-electron chi connectivity index (χ4n) is 1.45. The van der Waals surface area contributed by atoms with Crippen LogP contribution in [0, 0.1) is 5.41 Å². The van der Waals surface area contributed by atoms with Crippen molar-refractivity contribution < 1.29 is 0 Å². The molecule has 1 rings (SSSR count). The van der Waals surface area contributed by atoms with Gasteiger partial charge in [0.25, 0.3) is 0 Å². The van der Waals surface area contributed by atoms with Gasteiger partial charge in [-0.25, -0.2) is 0 Å². The molecule has 1 heterocycles. The second kappa shape index (κ2) is 5.31. The highest BCUT2D eigenvalue weighted by Gasteiger charge is 2.14. The molecule has 0 amide bonds. The fraction of sp³-hybridized carbons (Fsp3) is 0.750. The number of nitrogens with one attached hydrogen (secondary N) is 1. The van der Waals surface area contributed by atoms with Crippen molar-refractivity contribution in [3.05, 3.63) is 18.0 Å². The number of hydrogen-bond acceptors (Lipinski definition) is 2. The number of rotatable bonds is 6. The first-order valence-corrected chi connectivity index (χ1v) is 5.80. The lowest BCUT2D eigenvalue weighted by Crippen LogP contribution is -2.29. The lowest BCUT2D eigenvalue weighted by atomic mass is 9.90. The van der Waals surface area contributed by atoms with Gasteiger partial charge < -0.3 is 5.32 Å². The van der Waals surface area contributed by atoms with Gasteiger partial charge >= 0.3 is 0 Å². The van der Waals surface area contributed by atoms with E-state index in [1.54, 1.807) is 0 Å². The Morgan fingerprint density at radius 1 is 1.40 bits per heavy atom. The van der Waals surface area contributed by atoms with E-state index in [4.69, 9.17) is 0 Å². The van der Waals surface area contributed by atoms with E-state index in [9.17, 15) is 0 Å². The summed E-state index contributed by atoms with van der Waals surface area (Å²) in [5.41, 5.74) is 1.65. The van der Waals surface area contributed by atoms with Crippen LogP contribution in [-0.2, 0) is 13.1 Å². The average Bonchev–Trinajstić information content (AvgIpc) is 2.65. The standard InChI is InChI=1S/C12H23N3/c1-5-12(3,4)10-13-9-11-7-8-14-15(11)6-2/h7-8,13H,5-6,9-10H2,1-4H3. The Balaban J connectivity index is 2.38. The molecule has 0 spiro atoms. The number of hydrogen-bond donors (Lipinski definition) is 1. The van der Waals surface area contributed by atoms with E-state index >= 15 is 0 Å². The molecule has 15 heavy (non-hydrogen) atoms. The highest BCUT2D eigenvalue weighted by atomic mass is 15.3. The maximum atomic E-state index is 4.25. The van der Waals surface area contributed by atoms with Crippen molar-refractivity contribution in [2.75, 3.05) is 6.54 Å². The van der Waals surface area contributed by atoms with Crippen LogP contribution in [0.2, 0.25) is 0 Å². The summed E-state index contributed by atoms with van der Waals surface area (Å²) in [6.45, 7) is 11.8. The van der Waals surface area contributed by atoms with Crippen LogP contribution in [0.5, 0.6) is 0 Å². The molecule has 0 fully saturated rings. The molecule has 0 atom stereocenters. The molecular weight excluding hydrogens is 186 g/mol. The van der Waals surface area contributed by atoms with Crippen LogP contribution in [-0.4, -0.2) is 16.3 Å². The highest BCUT2D eigenvalue weighted by molar-refractivity contribution is 4.99. The summed E-state index contributed by atoms with van der Waals surface area (Å²) in [5, 5.41) is 7.74. The van der Waals surface area contributed by atoms with Crippen LogP contribution in [0.25, 0.3) is 0 Å². The molecule has 0 aliphatic heterocycles. The van der Waals surface area contributed by atoms with Gasteiger partial charge in [-0.05, 0) is 24.8 Å². The molecule has 1 aromatic rings. The molecule has 3 heteroatoms. The van der Waals surface area contributed by atoms with Gasteiger partial charge in [-0.3, -0.25) is 4.68 Å². The third-order valence-electron chi connectivity index (χ3n) is 2.97. The van der Waals surface area contributed by atoms with Crippen molar-refractivity contribution in [2.45, 2.75) is 47.2 Å². The molecule has 0 bridgehead atoms. The Morgan fingerprint density at radius 2 is 2.13 bits per heavy atom. The van der Waals surface area contributed by atoms with Crippen LogP contribution in [0.1, 0.15) is 39.8 Å². The van der Waals surface area contributed by atoms with Gasteiger partial charge in [0.2, 0.25) is 0 Å². The fourth-order valence-corrected chi connectivity index (χ4v) is 1.45. The average molecular weight is 209 g/mol. The summed E-state index contributed by atoms with van der Waals surface area (Å²) in [7, 11) is 0. The van der Waals surface area contributed by atoms with E-state index in [-0.39, 0.29) is 0 Å². The monoisotopic (exact) mass is 209 g/mol. The molecule has 0 aliphatic carbocycles. The summed E-state index contributed by atoms with van der Waals surface area (Å²) in [4.78, 5) is 0. The van der Waals surface area contributed by atoms with E-state index in [1.165, 1.54) is 12.1 Å². The molecule has 0 aliphatic rings. The summed E-state index contributed by atoms with van der Waals surface area (Å²) < 4.78 is 2.03. The van der Waals surface area contributed by atoms with Crippen LogP contribution in [0.3, 0.4) is 0 Å². The summed E-state index contributed by atoms with van der Waals surface area (Å²) in [6.07, 6.45) is 3.07. The molecule has 0 radical (unpaired) electrons. The van der Waals surface area contributed by atoms with Crippen LogP contribution < -0.4 is 5.32 Å². The Bertz CT molecular complexity index is 289. The molecule has 0 saturated heterocycles. The second-order valence-electron chi connectivity index (χ2n) is 4.76. The van der Waals surface area contributed by atoms with Gasteiger partial charge in [0, 0.05) is 25.8 Å². The van der Waals surface area contributed by atoms with Crippen molar-refractivity contribution in [3.63, 3.8) is 0 Å². The zero-order valence-electron chi connectivity index (χ0n) is 10.4. The SMILES string of the molecule is CCn1nccc1CNCC(C)(C)CC. The summed E-state index contributed by atoms with van der Waals surface area (Å²) in [6, 6.07) is 2.08. The van der Waals surface area contributed by atoms with Crippen molar-refractivity contribution in [2.24, 2.45) is 5.41 Å². The second-order valence-corrected chi connectivity index (χ2v) is 4.76. The van der Waals surface area contributed by atoms with Crippen LogP contribution in [0.15, 0.2) is 12.3 Å². The zero-order chi connectivity index (χ0) is 11.3. The van der Waals surface area contributed by atoms with Crippen molar-refractivity contribution in [1.29, 1.82) is 0 Å². The molecule has 86 valence electrons. The first kappa shape index (κ1) is 12.2. The topological polar surface area (TPSA) is 29.9 Å². The summed E-state index contributed by atoms with van der Waals surface area (Å²) >= 11 is 0. The first-order chi connectivity index (χ1) is 7.09. The smallest absolute Gasteiger partial charge is 0.0521 e. The van der Waals surface area contributed by atoms with Gasteiger partial charge in [-0.2, -0.15) is 5.10 Å². The number of aryl methyl sites for hydroxylation is 1. The largest absolute Gasteiger partial charge is 0.311 e. The minimum absolute atomic E-state index is 0.386.